The van der Waals surface area contributed by atoms with Crippen molar-refractivity contribution in [2.45, 2.75) is 19.5 Å². The lowest BCUT2D eigenvalue weighted by atomic mass is 10.1. The molecule has 1 aromatic heterocycles. The van der Waals surface area contributed by atoms with Crippen LogP contribution in [-0.2, 0) is 12.6 Å². The molecule has 0 radical (unpaired) electrons. The third kappa shape index (κ3) is 7.37. The summed E-state index contributed by atoms with van der Waals surface area (Å²) in [6.07, 6.45) is -3.57. The summed E-state index contributed by atoms with van der Waals surface area (Å²) in [5.41, 5.74) is 2.22. The van der Waals surface area contributed by atoms with E-state index in [1.807, 2.05) is 55.5 Å². The van der Waals surface area contributed by atoms with Crippen LogP contribution < -0.4 is 15.1 Å². The topological polar surface area (TPSA) is 36.3 Å². The molecule has 0 aliphatic carbocycles. The Hall–Kier alpha value is -3.76. The number of fused-ring (bicyclic) bond motifs is 1. The molecule has 0 saturated heterocycles. The van der Waals surface area contributed by atoms with Gasteiger partial charge in [0.2, 0.25) is 11.0 Å². The number of nitrogens with one attached hydrogen (secondary N) is 1. The monoisotopic (exact) mass is 511 g/mol. The minimum absolute atomic E-state index is 0.352. The maximum Gasteiger partial charge on any atom is 0.673 e. The molecule has 0 atom stereocenters. The van der Waals surface area contributed by atoms with Gasteiger partial charge < -0.3 is 26.4 Å². The van der Waals surface area contributed by atoms with Crippen LogP contribution in [0.25, 0.3) is 22.3 Å². The van der Waals surface area contributed by atoms with Crippen molar-refractivity contribution in [1.82, 2.24) is 0 Å². The lowest BCUT2D eigenvalue weighted by molar-refractivity contribution is -0.401. The molecule has 11 heteroatoms. The van der Waals surface area contributed by atoms with Gasteiger partial charge in [-0.15, -0.1) is 0 Å². The predicted molar refractivity (Wildman–Crippen MR) is 123 cm³/mol. The van der Waals surface area contributed by atoms with Gasteiger partial charge in [-0.3, -0.25) is 0 Å². The van der Waals surface area contributed by atoms with Crippen molar-refractivity contribution in [3.63, 3.8) is 0 Å². The van der Waals surface area contributed by atoms with Crippen LogP contribution >= 0.6 is 0 Å². The standard InChI is InChI=1S/C25H20F3NO2.BF4/c1-3-16-7-12-23-21(13-16)22(29-19-6-4-5-18(14-19)25(26,27)28)15-24(31-23)17-8-10-20(30-2)11-9-17;2-1(3,4)5/h4-15H,3H2,1-2H3;/q;-1/p+1. The molecule has 0 spiro atoms. The van der Waals surface area contributed by atoms with Crippen LogP contribution in [0.5, 0.6) is 5.75 Å². The van der Waals surface area contributed by atoms with E-state index in [0.717, 1.165) is 40.8 Å². The SMILES string of the molecule is CCc1ccc2oc(-c3ccc(OC)cc3)cc(=[NH+]c3cccc(C(F)(F)F)c3)c2c1.F[B-](F)(F)F. The smallest absolute Gasteiger partial charge is 0.497 e. The zero-order valence-electron chi connectivity index (χ0n) is 19.2. The maximum absolute atomic E-state index is 13.2. The van der Waals surface area contributed by atoms with Crippen LogP contribution in [0.1, 0.15) is 18.1 Å². The molecule has 1 N–H and O–H groups in total. The van der Waals surface area contributed by atoms with Crippen molar-refractivity contribution in [3.05, 3.63) is 89.3 Å². The Bertz CT molecular complexity index is 1390. The quantitative estimate of drug-likeness (QED) is 0.258. The Balaban J connectivity index is 0.000000658. The van der Waals surface area contributed by atoms with Crippen LogP contribution in [0, 0.1) is 0 Å². The summed E-state index contributed by atoms with van der Waals surface area (Å²) in [6, 6.07) is 20.2. The molecule has 0 saturated carbocycles. The van der Waals surface area contributed by atoms with Crippen LogP contribution in [0.15, 0.2) is 77.2 Å². The van der Waals surface area contributed by atoms with Gasteiger partial charge in [-0.05, 0) is 54.4 Å². The molecule has 0 aliphatic heterocycles. The van der Waals surface area contributed by atoms with E-state index in [0.29, 0.717) is 22.4 Å². The average Bonchev–Trinajstić information content (AvgIpc) is 2.82. The number of alkyl halides is 3. The van der Waals surface area contributed by atoms with E-state index in [9.17, 15) is 30.4 Å². The van der Waals surface area contributed by atoms with Crippen molar-refractivity contribution in [3.8, 4) is 17.1 Å². The average molecular weight is 511 g/mol. The minimum atomic E-state index is -6.00. The Morgan fingerprint density at radius 2 is 1.56 bits per heavy atom. The fourth-order valence-electron chi connectivity index (χ4n) is 3.38. The molecular formula is C25H21BF7NO2. The number of hydrogen-bond donors (Lipinski definition) is 1. The van der Waals surface area contributed by atoms with Crippen molar-refractivity contribution in [2.75, 3.05) is 7.11 Å². The normalized spacial score (nSPS) is 12.3. The van der Waals surface area contributed by atoms with Crippen molar-refractivity contribution < 1.29 is 44.6 Å². The largest absolute Gasteiger partial charge is 0.673 e. The molecule has 36 heavy (non-hydrogen) atoms. The summed E-state index contributed by atoms with van der Waals surface area (Å²) in [4.78, 5) is 3.16. The van der Waals surface area contributed by atoms with Gasteiger partial charge in [-0.2, -0.15) is 13.2 Å². The first kappa shape index (κ1) is 26.8. The fourth-order valence-corrected chi connectivity index (χ4v) is 3.38. The maximum atomic E-state index is 13.2. The highest BCUT2D eigenvalue weighted by Crippen LogP contribution is 2.30. The molecule has 4 rings (SSSR count). The van der Waals surface area contributed by atoms with E-state index in [-0.39, 0.29) is 0 Å². The second kappa shape index (κ2) is 10.9. The third-order valence-electron chi connectivity index (χ3n) is 5.08. The molecule has 1 heterocycles. The number of rotatable bonds is 4. The lowest BCUT2D eigenvalue weighted by Crippen LogP contribution is -2.70. The van der Waals surface area contributed by atoms with E-state index < -0.39 is 19.0 Å². The lowest BCUT2D eigenvalue weighted by Gasteiger charge is -2.06. The van der Waals surface area contributed by atoms with Gasteiger partial charge in [-0.1, -0.05) is 19.1 Å². The molecule has 0 bridgehead atoms. The first-order valence-corrected chi connectivity index (χ1v) is 10.7. The van der Waals surface area contributed by atoms with Crippen LogP contribution in [0.4, 0.5) is 36.1 Å². The number of halogens is 7. The Morgan fingerprint density at radius 1 is 0.889 bits per heavy atom. The van der Waals surface area contributed by atoms with E-state index >= 15 is 0 Å². The summed E-state index contributed by atoms with van der Waals surface area (Å²) in [7, 11) is -4.40. The molecule has 0 fully saturated rings. The summed E-state index contributed by atoms with van der Waals surface area (Å²) >= 11 is 0. The molecule has 3 aromatic carbocycles. The Labute approximate surface area is 202 Å². The van der Waals surface area contributed by atoms with Gasteiger partial charge in [0.05, 0.1) is 24.1 Å². The Kier molecular flexibility index (Phi) is 8.12. The molecule has 4 aromatic rings. The van der Waals surface area contributed by atoms with E-state index in [4.69, 9.17) is 9.15 Å². The number of ether oxygens (including phenoxy) is 1. The van der Waals surface area contributed by atoms with Gasteiger partial charge in [0.1, 0.15) is 17.1 Å². The third-order valence-corrected chi connectivity index (χ3v) is 5.08. The van der Waals surface area contributed by atoms with E-state index in [1.54, 1.807) is 13.2 Å². The van der Waals surface area contributed by atoms with Crippen molar-refractivity contribution in [1.29, 1.82) is 0 Å². The number of aryl methyl sites for hydroxylation is 1. The summed E-state index contributed by atoms with van der Waals surface area (Å²) in [6.45, 7) is 2.05. The van der Waals surface area contributed by atoms with E-state index in [2.05, 4.69) is 4.99 Å². The second-order valence-corrected chi connectivity index (χ2v) is 7.64. The summed E-state index contributed by atoms with van der Waals surface area (Å²) < 4.78 is 89.8. The van der Waals surface area contributed by atoms with Gasteiger partial charge in [0, 0.05) is 17.7 Å². The summed E-state index contributed by atoms with van der Waals surface area (Å²) in [5.74, 6) is 1.31. The van der Waals surface area contributed by atoms with Crippen LogP contribution in [0.3, 0.4) is 0 Å². The van der Waals surface area contributed by atoms with Gasteiger partial charge in [0.15, 0.2) is 0 Å². The molecule has 0 amide bonds. The van der Waals surface area contributed by atoms with Gasteiger partial charge in [-0.25, -0.2) is 4.99 Å². The summed E-state index contributed by atoms with van der Waals surface area (Å²) in [5, 5.41) is 1.47. The highest BCUT2D eigenvalue weighted by molar-refractivity contribution is 6.50. The number of hydrogen-bond acceptors (Lipinski definition) is 2. The Morgan fingerprint density at radius 3 is 2.14 bits per heavy atom. The predicted octanol–water partition coefficient (Wildman–Crippen LogP) is 6.30. The molecular weight excluding hydrogens is 490 g/mol. The minimum Gasteiger partial charge on any atom is -0.497 e. The van der Waals surface area contributed by atoms with E-state index in [1.165, 1.54) is 6.07 Å². The number of methoxy groups -OCH3 is 1. The first-order valence-electron chi connectivity index (χ1n) is 10.7. The van der Waals surface area contributed by atoms with Crippen molar-refractivity contribution in [2.24, 2.45) is 0 Å². The zero-order valence-corrected chi connectivity index (χ0v) is 19.2. The molecule has 0 unspecified atom stereocenters. The highest BCUT2D eigenvalue weighted by atomic mass is 19.5. The molecule has 3 nitrogen and oxygen atoms in total. The fraction of sp³-hybridized carbons (Fsp3) is 0.160. The zero-order chi connectivity index (χ0) is 26.5. The van der Waals surface area contributed by atoms with Gasteiger partial charge >= 0.3 is 13.4 Å². The van der Waals surface area contributed by atoms with Gasteiger partial charge in [0.25, 0.3) is 0 Å². The van der Waals surface area contributed by atoms with Crippen LogP contribution in [-0.4, -0.2) is 14.4 Å². The second-order valence-electron chi connectivity index (χ2n) is 7.64. The van der Waals surface area contributed by atoms with Crippen LogP contribution in [0.2, 0.25) is 0 Å². The van der Waals surface area contributed by atoms with Crippen molar-refractivity contribution >= 4 is 23.9 Å². The molecule has 0 aliphatic rings. The first-order chi connectivity index (χ1) is 16.9. The number of benzene rings is 3. The highest BCUT2D eigenvalue weighted by Gasteiger charge is 2.31. The molecule has 190 valence electrons.